The van der Waals surface area contributed by atoms with Crippen LogP contribution < -0.4 is 29.6 Å². The molecule has 0 radical (unpaired) electrons. The summed E-state index contributed by atoms with van der Waals surface area (Å²) < 4.78 is 22.9. The van der Waals surface area contributed by atoms with Crippen LogP contribution in [0.25, 0.3) is 0 Å². The van der Waals surface area contributed by atoms with Crippen molar-refractivity contribution in [2.45, 2.75) is 31.3 Å². The zero-order chi connectivity index (χ0) is 30.4. The first-order valence-corrected chi connectivity index (χ1v) is 13.9. The van der Waals surface area contributed by atoms with E-state index >= 15 is 0 Å². The summed E-state index contributed by atoms with van der Waals surface area (Å²) in [4.78, 5) is 55.1. The van der Waals surface area contributed by atoms with Gasteiger partial charge in [-0.05, 0) is 25.0 Å². The number of carbonyl (C=O) groups excluding carboxylic acids is 4. The summed E-state index contributed by atoms with van der Waals surface area (Å²) in [7, 11) is 2.96. The zero-order valence-corrected chi connectivity index (χ0v) is 24.0. The summed E-state index contributed by atoms with van der Waals surface area (Å²) in [5.74, 6) is 0.372. The molecule has 2 fully saturated rings. The highest BCUT2D eigenvalue weighted by Crippen LogP contribution is 2.39. The molecule has 12 heteroatoms. The molecule has 2 saturated heterocycles. The monoisotopic (exact) mass is 588 g/mol. The lowest BCUT2D eigenvalue weighted by molar-refractivity contribution is -0.120. The average molecular weight is 589 g/mol. The van der Waals surface area contributed by atoms with E-state index in [9.17, 15) is 19.2 Å². The predicted molar refractivity (Wildman–Crippen MR) is 156 cm³/mol. The number of ether oxygens (including phenoxy) is 4. The molecule has 4 aliphatic heterocycles. The summed E-state index contributed by atoms with van der Waals surface area (Å²) in [6.07, 6.45) is 1.31. The van der Waals surface area contributed by atoms with Gasteiger partial charge in [-0.15, -0.1) is 0 Å². The fourth-order valence-corrected chi connectivity index (χ4v) is 5.88. The van der Waals surface area contributed by atoms with Crippen LogP contribution in [0.15, 0.2) is 48.6 Å². The number of fused-ring (bicyclic) bond motifs is 4. The van der Waals surface area contributed by atoms with Gasteiger partial charge in [0.2, 0.25) is 11.8 Å². The number of nitrogens with one attached hydrogen (secondary N) is 2. The standard InChI is InChI=1S/C31H32N4O8/c1-16-8-22-28(36)32-20-12-26(24(40-3)10-18(20)30(38)34(22)14-16)42-6-5-7-43-27-13-21-19(11-25(27)41-4)31(39)35-15-17(2)9-23(35)29(37)33-21/h10-13,22-23H,1-2,5-9,14-15H2,3-4H3,(H,32,36)(H,33,37)/t22-,23?/m0/s1. The van der Waals surface area contributed by atoms with Crippen molar-refractivity contribution in [2.24, 2.45) is 0 Å². The van der Waals surface area contributed by atoms with Crippen LogP contribution >= 0.6 is 0 Å². The SMILES string of the molecule is C=C1CC2C(=O)Nc3cc(OCCCOc4cc5c(cc4OC)C(=O)N4CC(=C)C[C@H]4C(=O)N5)c(OC)cc3C(=O)N2C1. The first kappa shape index (κ1) is 28.1. The Labute approximate surface area is 248 Å². The van der Waals surface area contributed by atoms with Crippen molar-refractivity contribution >= 4 is 35.0 Å². The molecule has 2 aromatic carbocycles. The molecule has 2 aromatic rings. The highest BCUT2D eigenvalue weighted by atomic mass is 16.5. The third-order valence-corrected chi connectivity index (χ3v) is 8.02. The van der Waals surface area contributed by atoms with Crippen molar-refractivity contribution in [3.63, 3.8) is 0 Å². The maximum atomic E-state index is 13.2. The number of benzene rings is 2. The summed E-state index contributed by atoms with van der Waals surface area (Å²) in [6, 6.07) is 5.16. The van der Waals surface area contributed by atoms with Gasteiger partial charge in [0.1, 0.15) is 12.1 Å². The molecule has 4 aliphatic rings. The largest absolute Gasteiger partial charge is 0.493 e. The van der Waals surface area contributed by atoms with Gasteiger partial charge >= 0.3 is 0 Å². The third-order valence-electron chi connectivity index (χ3n) is 8.02. The van der Waals surface area contributed by atoms with E-state index in [4.69, 9.17) is 18.9 Å². The summed E-state index contributed by atoms with van der Waals surface area (Å²) in [5, 5.41) is 5.69. The van der Waals surface area contributed by atoms with Crippen molar-refractivity contribution in [1.29, 1.82) is 0 Å². The molecular weight excluding hydrogens is 556 g/mol. The van der Waals surface area contributed by atoms with Crippen molar-refractivity contribution in [3.05, 3.63) is 59.7 Å². The van der Waals surface area contributed by atoms with Gasteiger partial charge in [0.05, 0.1) is 49.9 Å². The van der Waals surface area contributed by atoms with Crippen molar-refractivity contribution in [2.75, 3.05) is 51.2 Å². The van der Waals surface area contributed by atoms with Crippen LogP contribution in [0.5, 0.6) is 23.0 Å². The maximum absolute atomic E-state index is 13.2. The molecule has 6 rings (SSSR count). The van der Waals surface area contributed by atoms with Gasteiger partial charge in [0, 0.05) is 31.6 Å². The lowest BCUT2D eigenvalue weighted by atomic mass is 10.1. The molecule has 224 valence electrons. The number of amides is 4. The van der Waals surface area contributed by atoms with E-state index < -0.39 is 12.1 Å². The Morgan fingerprint density at radius 3 is 1.51 bits per heavy atom. The van der Waals surface area contributed by atoms with Crippen molar-refractivity contribution < 1.29 is 38.1 Å². The third kappa shape index (κ3) is 5.02. The van der Waals surface area contributed by atoms with Crippen molar-refractivity contribution in [1.82, 2.24) is 9.80 Å². The first-order chi connectivity index (χ1) is 20.7. The Bertz CT molecular complexity index is 1470. The van der Waals surface area contributed by atoms with Gasteiger partial charge in [-0.25, -0.2) is 0 Å². The number of methoxy groups -OCH3 is 2. The highest BCUT2D eigenvalue weighted by molar-refractivity contribution is 6.12. The summed E-state index contributed by atoms with van der Waals surface area (Å²) in [5.41, 5.74) is 3.03. The molecule has 4 amide bonds. The molecule has 0 saturated carbocycles. The molecule has 0 spiro atoms. The minimum Gasteiger partial charge on any atom is -0.493 e. The topological polar surface area (TPSA) is 136 Å². The Hall–Kier alpha value is -5.00. The number of nitrogens with zero attached hydrogens (tertiary/aromatic N) is 2. The number of hydrogen-bond acceptors (Lipinski definition) is 8. The van der Waals surface area contributed by atoms with Gasteiger partial charge in [0.15, 0.2) is 23.0 Å². The minimum atomic E-state index is -0.589. The van der Waals surface area contributed by atoms with E-state index in [1.165, 1.54) is 24.0 Å². The van der Waals surface area contributed by atoms with Crippen LogP contribution in [0.2, 0.25) is 0 Å². The summed E-state index contributed by atoms with van der Waals surface area (Å²) in [6.45, 7) is 9.00. The second-order valence-electron chi connectivity index (χ2n) is 10.9. The molecule has 4 heterocycles. The molecule has 12 nitrogen and oxygen atoms in total. The van der Waals surface area contributed by atoms with Gasteiger partial charge < -0.3 is 39.4 Å². The molecule has 1 unspecified atom stereocenters. The first-order valence-electron chi connectivity index (χ1n) is 13.9. The van der Waals surface area contributed by atoms with Gasteiger partial charge in [0.25, 0.3) is 11.8 Å². The zero-order valence-electron chi connectivity index (χ0n) is 24.0. The second kappa shape index (κ2) is 11.0. The maximum Gasteiger partial charge on any atom is 0.257 e. The molecule has 43 heavy (non-hydrogen) atoms. The normalized spacial score (nSPS) is 20.8. The molecule has 2 N–H and O–H groups in total. The van der Waals surface area contributed by atoms with Crippen molar-refractivity contribution in [3.8, 4) is 23.0 Å². The average Bonchev–Trinajstić information content (AvgIpc) is 3.54. The highest BCUT2D eigenvalue weighted by Gasteiger charge is 2.41. The summed E-state index contributed by atoms with van der Waals surface area (Å²) >= 11 is 0. The van der Waals surface area contributed by atoms with E-state index in [0.29, 0.717) is 77.9 Å². The van der Waals surface area contributed by atoms with Crippen LogP contribution in [0.3, 0.4) is 0 Å². The molecule has 0 bridgehead atoms. The molecule has 0 aliphatic carbocycles. The second-order valence-corrected chi connectivity index (χ2v) is 10.9. The Morgan fingerprint density at radius 2 is 1.12 bits per heavy atom. The van der Waals surface area contributed by atoms with Crippen LogP contribution in [0, 0.1) is 0 Å². The Morgan fingerprint density at radius 1 is 0.698 bits per heavy atom. The van der Waals surface area contributed by atoms with E-state index in [1.807, 2.05) is 0 Å². The number of carbonyl (C=O) groups is 4. The fraction of sp³-hybridized carbons (Fsp3) is 0.355. The molecule has 0 aromatic heterocycles. The van der Waals surface area contributed by atoms with E-state index in [1.54, 1.807) is 24.3 Å². The van der Waals surface area contributed by atoms with Crippen LogP contribution in [-0.2, 0) is 9.59 Å². The molecule has 2 atom stereocenters. The van der Waals surface area contributed by atoms with Gasteiger partial charge in [-0.3, -0.25) is 19.2 Å². The van der Waals surface area contributed by atoms with Gasteiger partial charge in [-0.2, -0.15) is 0 Å². The minimum absolute atomic E-state index is 0.231. The fourth-order valence-electron chi connectivity index (χ4n) is 5.88. The number of rotatable bonds is 8. The van der Waals surface area contributed by atoms with Crippen LogP contribution in [0.4, 0.5) is 11.4 Å². The van der Waals surface area contributed by atoms with Gasteiger partial charge in [-0.1, -0.05) is 24.3 Å². The Kier molecular flexibility index (Phi) is 7.20. The molecular formula is C31H32N4O8. The van der Waals surface area contributed by atoms with E-state index in [0.717, 1.165) is 11.1 Å². The van der Waals surface area contributed by atoms with Crippen LogP contribution in [-0.4, -0.2) is 86.0 Å². The lowest BCUT2D eigenvalue weighted by Gasteiger charge is -2.20. The van der Waals surface area contributed by atoms with Crippen LogP contribution in [0.1, 0.15) is 40.0 Å². The number of hydrogen-bond donors (Lipinski definition) is 2. The van der Waals surface area contributed by atoms with E-state index in [-0.39, 0.29) is 36.8 Å². The predicted octanol–water partition coefficient (Wildman–Crippen LogP) is 3.00. The smallest absolute Gasteiger partial charge is 0.257 e. The number of anilines is 2. The Balaban J connectivity index is 1.12. The lowest BCUT2D eigenvalue weighted by Crippen LogP contribution is -2.40. The van der Waals surface area contributed by atoms with E-state index in [2.05, 4.69) is 23.8 Å². The quantitative estimate of drug-likeness (QED) is 0.355.